The number of carbonyl (C=O) groups excluding carboxylic acids is 2. The zero-order valence-electron chi connectivity index (χ0n) is 17.0. The van der Waals surface area contributed by atoms with Gasteiger partial charge in [-0.2, -0.15) is 0 Å². The predicted molar refractivity (Wildman–Crippen MR) is 109 cm³/mol. The van der Waals surface area contributed by atoms with E-state index in [1.54, 1.807) is 37.3 Å². The molecule has 0 aliphatic rings. The van der Waals surface area contributed by atoms with Crippen molar-refractivity contribution in [3.8, 4) is 0 Å². The van der Waals surface area contributed by atoms with E-state index in [0.29, 0.717) is 5.56 Å². The Kier molecular flexibility index (Phi) is 10.8. The van der Waals surface area contributed by atoms with Gasteiger partial charge < -0.3 is 41.9 Å². The molecule has 1 aromatic rings. The molecule has 2 amide bonds. The Morgan fingerprint density at radius 3 is 2.16 bits per heavy atom. The number of allylic oxidation sites excluding steroid dienone is 1. The first-order chi connectivity index (χ1) is 14.6. The molecule has 0 radical (unpaired) electrons. The Balaban J connectivity index is 2.85. The minimum atomic E-state index is -2.18. The van der Waals surface area contributed by atoms with Crippen LogP contribution in [0.15, 0.2) is 42.5 Å². The summed E-state index contributed by atoms with van der Waals surface area (Å²) in [5.74, 6) is -3.10. The second-order valence-corrected chi connectivity index (χ2v) is 6.84. The molecule has 172 valence electrons. The summed E-state index contributed by atoms with van der Waals surface area (Å²) >= 11 is 0. The number of carbonyl (C=O) groups is 3. The zero-order valence-corrected chi connectivity index (χ0v) is 17.0. The molecular weight excluding hydrogens is 410 g/mol. The number of aliphatic carboxylic acids is 1. The number of nitrogens with two attached hydrogens (primary N) is 1. The van der Waals surface area contributed by atoms with Crippen molar-refractivity contribution in [2.45, 2.75) is 49.8 Å². The summed E-state index contributed by atoms with van der Waals surface area (Å²) in [5, 5.41) is 53.6. The lowest BCUT2D eigenvalue weighted by atomic mass is 9.99. The van der Waals surface area contributed by atoms with E-state index in [2.05, 4.69) is 10.6 Å². The van der Waals surface area contributed by atoms with E-state index in [1.807, 2.05) is 0 Å². The first kappa shape index (κ1) is 26.2. The Hall–Kier alpha value is -2.83. The molecule has 11 nitrogen and oxygen atoms in total. The summed E-state index contributed by atoms with van der Waals surface area (Å²) in [6.07, 6.45) is -3.80. The number of aliphatic hydroxyl groups is 4. The molecule has 9 N–H and O–H groups in total. The molecule has 0 aliphatic carbocycles. The standard InChI is InChI=1S/C20H29N3O8/c1-2-6-12(21)19(30)23-14(10-24)16(27)17(28)18(29)20(31)22-13(9-15(25)26)11-7-4-3-5-8-11/h2-8,12-14,16-18,24,27-29H,9-10,21H2,1H3,(H,22,31)(H,23,30)(H,25,26)/b6-2+/t12-,13-,14-,16+,17+,18-/m0/s1. The van der Waals surface area contributed by atoms with Crippen LogP contribution in [0.2, 0.25) is 0 Å². The third-order valence-electron chi connectivity index (χ3n) is 4.48. The molecular formula is C20H29N3O8. The molecule has 31 heavy (non-hydrogen) atoms. The highest BCUT2D eigenvalue weighted by atomic mass is 16.4. The molecule has 0 fully saturated rings. The largest absolute Gasteiger partial charge is 0.481 e. The zero-order chi connectivity index (χ0) is 23.6. The third-order valence-corrected chi connectivity index (χ3v) is 4.48. The van der Waals surface area contributed by atoms with Crippen molar-refractivity contribution in [1.29, 1.82) is 0 Å². The number of aliphatic hydroxyl groups excluding tert-OH is 4. The maximum atomic E-state index is 12.4. The summed E-state index contributed by atoms with van der Waals surface area (Å²) < 4.78 is 0. The van der Waals surface area contributed by atoms with Gasteiger partial charge in [0.2, 0.25) is 5.91 Å². The lowest BCUT2D eigenvalue weighted by Gasteiger charge is -2.29. The molecule has 0 unspecified atom stereocenters. The van der Waals surface area contributed by atoms with Crippen molar-refractivity contribution in [2.24, 2.45) is 5.73 Å². The van der Waals surface area contributed by atoms with Crippen molar-refractivity contribution < 1.29 is 39.9 Å². The highest BCUT2D eigenvalue weighted by Crippen LogP contribution is 2.17. The van der Waals surface area contributed by atoms with Crippen LogP contribution in [0.25, 0.3) is 0 Å². The van der Waals surface area contributed by atoms with Gasteiger partial charge in [-0.3, -0.25) is 14.4 Å². The van der Waals surface area contributed by atoms with Crippen LogP contribution >= 0.6 is 0 Å². The molecule has 1 aromatic carbocycles. The maximum Gasteiger partial charge on any atom is 0.305 e. The highest BCUT2D eigenvalue weighted by molar-refractivity contribution is 5.84. The fourth-order valence-electron chi connectivity index (χ4n) is 2.76. The van der Waals surface area contributed by atoms with Crippen LogP contribution in [0.4, 0.5) is 0 Å². The van der Waals surface area contributed by atoms with E-state index in [-0.39, 0.29) is 0 Å². The molecule has 0 heterocycles. The predicted octanol–water partition coefficient (Wildman–Crippen LogP) is -2.22. The maximum absolute atomic E-state index is 12.4. The van der Waals surface area contributed by atoms with Gasteiger partial charge in [-0.15, -0.1) is 0 Å². The number of benzene rings is 1. The van der Waals surface area contributed by atoms with Crippen LogP contribution in [0, 0.1) is 0 Å². The van der Waals surface area contributed by atoms with Crippen molar-refractivity contribution >= 4 is 17.8 Å². The molecule has 1 rings (SSSR count). The van der Waals surface area contributed by atoms with Crippen molar-refractivity contribution in [3.63, 3.8) is 0 Å². The fraction of sp³-hybridized carbons (Fsp3) is 0.450. The lowest BCUT2D eigenvalue weighted by Crippen LogP contribution is -2.58. The van der Waals surface area contributed by atoms with Crippen LogP contribution in [0.1, 0.15) is 24.9 Å². The fourth-order valence-corrected chi connectivity index (χ4v) is 2.76. The number of hydrogen-bond acceptors (Lipinski definition) is 8. The van der Waals surface area contributed by atoms with Crippen LogP contribution in [-0.2, 0) is 14.4 Å². The van der Waals surface area contributed by atoms with Crippen molar-refractivity contribution in [3.05, 3.63) is 48.0 Å². The van der Waals surface area contributed by atoms with Gasteiger partial charge in [0, 0.05) is 0 Å². The monoisotopic (exact) mass is 439 g/mol. The van der Waals surface area contributed by atoms with E-state index >= 15 is 0 Å². The first-order valence-corrected chi connectivity index (χ1v) is 9.53. The summed E-state index contributed by atoms with van der Waals surface area (Å²) in [6, 6.07) is 4.63. The molecule has 0 spiro atoms. The molecule has 0 aromatic heterocycles. The van der Waals surface area contributed by atoms with E-state index in [0.717, 1.165) is 0 Å². The number of hydrogen-bond donors (Lipinski definition) is 8. The van der Waals surface area contributed by atoms with Gasteiger partial charge in [-0.05, 0) is 12.5 Å². The van der Waals surface area contributed by atoms with Gasteiger partial charge >= 0.3 is 5.97 Å². The van der Waals surface area contributed by atoms with Gasteiger partial charge in [0.1, 0.15) is 18.2 Å². The second-order valence-electron chi connectivity index (χ2n) is 6.84. The smallest absolute Gasteiger partial charge is 0.305 e. The van der Waals surface area contributed by atoms with Crippen LogP contribution < -0.4 is 16.4 Å². The minimum Gasteiger partial charge on any atom is -0.481 e. The van der Waals surface area contributed by atoms with E-state index in [9.17, 15) is 34.8 Å². The third kappa shape index (κ3) is 8.07. The lowest BCUT2D eigenvalue weighted by molar-refractivity contribution is -0.144. The molecule has 0 aliphatic heterocycles. The van der Waals surface area contributed by atoms with Crippen molar-refractivity contribution in [1.82, 2.24) is 10.6 Å². The second kappa shape index (κ2) is 12.8. The average molecular weight is 439 g/mol. The normalized spacial score (nSPS) is 17.2. The summed E-state index contributed by atoms with van der Waals surface area (Å²) in [5.41, 5.74) is 6.04. The van der Waals surface area contributed by atoms with E-state index < -0.39 is 67.2 Å². The summed E-state index contributed by atoms with van der Waals surface area (Å²) in [4.78, 5) is 35.4. The first-order valence-electron chi connectivity index (χ1n) is 9.53. The number of amides is 2. The van der Waals surface area contributed by atoms with E-state index in [1.165, 1.54) is 12.2 Å². The van der Waals surface area contributed by atoms with Crippen LogP contribution in [0.3, 0.4) is 0 Å². The van der Waals surface area contributed by atoms with Crippen molar-refractivity contribution in [2.75, 3.05) is 6.61 Å². The van der Waals surface area contributed by atoms with Gasteiger partial charge in [-0.1, -0.05) is 42.5 Å². The molecule has 0 bridgehead atoms. The molecule has 0 saturated carbocycles. The molecule has 11 heteroatoms. The van der Waals surface area contributed by atoms with Crippen LogP contribution in [-0.4, -0.2) is 80.3 Å². The number of nitrogens with one attached hydrogen (secondary N) is 2. The SMILES string of the molecule is C/C=C/[C@H](N)C(=O)N[C@@H](CO)[C@@H](O)[C@@H](O)[C@H](O)C(=O)N[C@@H](CC(=O)O)c1ccccc1. The Labute approximate surface area is 179 Å². The number of carboxylic acid groups (broad SMARTS) is 1. The highest BCUT2D eigenvalue weighted by Gasteiger charge is 2.36. The summed E-state index contributed by atoms with van der Waals surface area (Å²) in [6.45, 7) is 0.823. The minimum absolute atomic E-state index is 0.457. The Bertz CT molecular complexity index is 758. The van der Waals surface area contributed by atoms with Gasteiger partial charge in [0.05, 0.1) is 25.1 Å². The number of carboxylic acids is 1. The quantitative estimate of drug-likeness (QED) is 0.166. The topological polar surface area (TPSA) is 202 Å². The summed E-state index contributed by atoms with van der Waals surface area (Å²) in [7, 11) is 0. The van der Waals surface area contributed by atoms with Gasteiger partial charge in [-0.25, -0.2) is 0 Å². The van der Waals surface area contributed by atoms with Gasteiger partial charge in [0.25, 0.3) is 5.91 Å². The van der Waals surface area contributed by atoms with Gasteiger partial charge in [0.15, 0.2) is 6.10 Å². The Morgan fingerprint density at radius 1 is 1.03 bits per heavy atom. The Morgan fingerprint density at radius 2 is 1.65 bits per heavy atom. The van der Waals surface area contributed by atoms with Crippen LogP contribution in [0.5, 0.6) is 0 Å². The average Bonchev–Trinajstić information content (AvgIpc) is 2.75. The molecule has 0 saturated heterocycles. The van der Waals surface area contributed by atoms with E-state index in [4.69, 9.17) is 10.8 Å². The number of rotatable bonds is 12. The molecule has 6 atom stereocenters.